The number of carbonyl (C=O) groups excluding carboxylic acids is 1. The molecule has 0 aromatic heterocycles. The van der Waals surface area contributed by atoms with Gasteiger partial charge in [-0.2, -0.15) is 0 Å². The number of allylic oxidation sites excluding steroid dienone is 6. The number of aliphatic hydroxyl groups is 3. The van der Waals surface area contributed by atoms with Gasteiger partial charge in [-0.1, -0.05) is 123 Å². The first-order valence-corrected chi connectivity index (χ1v) is 21.3. The van der Waals surface area contributed by atoms with E-state index in [-0.39, 0.29) is 23.7 Å². The molecule has 4 aliphatic rings. The van der Waals surface area contributed by atoms with E-state index in [1.165, 1.54) is 38.5 Å². The summed E-state index contributed by atoms with van der Waals surface area (Å²) in [6.45, 7) is 15.8. The van der Waals surface area contributed by atoms with Crippen LogP contribution in [0.3, 0.4) is 0 Å². The van der Waals surface area contributed by atoms with Gasteiger partial charge in [0.2, 0.25) is 0 Å². The van der Waals surface area contributed by atoms with Crippen LogP contribution in [0, 0.1) is 40.4 Å². The minimum absolute atomic E-state index is 0.0446. The summed E-state index contributed by atoms with van der Waals surface area (Å²) in [5.41, 5.74) is -2.64. The minimum atomic E-state index is -1.55. The van der Waals surface area contributed by atoms with Crippen LogP contribution < -0.4 is 0 Å². The summed E-state index contributed by atoms with van der Waals surface area (Å²) in [7, 11) is 0. The number of esters is 1. The highest BCUT2D eigenvalue weighted by molar-refractivity contribution is 5.69. The topological polar surface area (TPSA) is 87.0 Å². The predicted molar refractivity (Wildman–Crippen MR) is 211 cm³/mol. The molecular weight excluding hydrogens is 633 g/mol. The summed E-state index contributed by atoms with van der Waals surface area (Å²) in [6.07, 6.45) is 32.0. The normalized spacial score (nSPS) is 36.3. The molecule has 3 saturated carbocycles. The third-order valence-corrected chi connectivity index (χ3v) is 14.5. The molecule has 290 valence electrons. The Kier molecular flexibility index (Phi) is 15.3. The van der Waals surface area contributed by atoms with E-state index in [1.807, 2.05) is 13.0 Å². The van der Waals surface area contributed by atoms with Gasteiger partial charge in [0, 0.05) is 18.3 Å². The van der Waals surface area contributed by atoms with Crippen molar-refractivity contribution >= 4 is 5.97 Å². The van der Waals surface area contributed by atoms with Crippen molar-refractivity contribution < 1.29 is 24.9 Å². The van der Waals surface area contributed by atoms with Crippen LogP contribution in [-0.2, 0) is 9.53 Å². The van der Waals surface area contributed by atoms with E-state index in [4.69, 9.17) is 4.74 Å². The lowest BCUT2D eigenvalue weighted by Gasteiger charge is -2.65. The van der Waals surface area contributed by atoms with Crippen molar-refractivity contribution in [3.05, 3.63) is 48.1 Å². The summed E-state index contributed by atoms with van der Waals surface area (Å²) in [5.74, 6) is 2.10. The fourth-order valence-electron chi connectivity index (χ4n) is 10.5. The minimum Gasteiger partial charge on any atom is -0.462 e. The van der Waals surface area contributed by atoms with Crippen LogP contribution in [0.4, 0.5) is 0 Å². The van der Waals surface area contributed by atoms with Crippen molar-refractivity contribution in [1.29, 1.82) is 0 Å². The molecule has 5 heteroatoms. The van der Waals surface area contributed by atoms with E-state index < -0.39 is 28.8 Å². The molecule has 10 atom stereocenters. The smallest absolute Gasteiger partial charge is 0.306 e. The van der Waals surface area contributed by atoms with Gasteiger partial charge in [-0.15, -0.1) is 0 Å². The first-order valence-electron chi connectivity index (χ1n) is 21.3. The Hall–Kier alpha value is -1.69. The summed E-state index contributed by atoms with van der Waals surface area (Å²) < 4.78 is 5.93. The standard InChI is InChI=1S/C46H76O5/c1-8-9-10-11-12-13-14-15-16-17-18-19-20-21-22-23-42(48)51-37-28-29-44(7)45(49)31-30-43(6)38(36(5)25-24-35(4)34(2)3)26-27-39(43)40(45)32-41(47)46(44,50)33-37/h12-13,15-16,24-25,32,34-39,41,47,49-50H,8-11,14,17-23,26-31,33H2,1-7H3/b13-12-,16-15-,25-24+/t35-,36+,37-,38+,39?,41+,43+,44+,45+,46-/m0/s1. The molecule has 51 heavy (non-hydrogen) atoms. The highest BCUT2D eigenvalue weighted by atomic mass is 16.5. The molecule has 0 aliphatic heterocycles. The van der Waals surface area contributed by atoms with Crippen LogP contribution in [0.15, 0.2) is 48.1 Å². The van der Waals surface area contributed by atoms with Crippen molar-refractivity contribution in [2.75, 3.05) is 0 Å². The van der Waals surface area contributed by atoms with Crippen LogP contribution in [0.2, 0.25) is 0 Å². The average Bonchev–Trinajstić information content (AvgIpc) is 3.44. The highest BCUT2D eigenvalue weighted by Gasteiger charge is 2.71. The van der Waals surface area contributed by atoms with Gasteiger partial charge in [0.15, 0.2) is 0 Å². The molecule has 0 aromatic rings. The van der Waals surface area contributed by atoms with Gasteiger partial charge < -0.3 is 20.1 Å². The Morgan fingerprint density at radius 1 is 0.863 bits per heavy atom. The second-order valence-corrected chi connectivity index (χ2v) is 18.1. The van der Waals surface area contributed by atoms with E-state index in [0.717, 1.165) is 56.9 Å². The quantitative estimate of drug-likeness (QED) is 0.0706. The van der Waals surface area contributed by atoms with Gasteiger partial charge >= 0.3 is 5.97 Å². The number of hydrogen-bond donors (Lipinski definition) is 3. The number of ether oxygens (including phenoxy) is 1. The zero-order valence-corrected chi connectivity index (χ0v) is 33.7. The molecule has 0 heterocycles. The third kappa shape index (κ3) is 9.34. The van der Waals surface area contributed by atoms with Gasteiger partial charge in [-0.05, 0) is 118 Å². The number of fused-ring (bicyclic) bond motifs is 5. The molecule has 3 N–H and O–H groups in total. The zero-order valence-electron chi connectivity index (χ0n) is 33.7. The number of hydrogen-bond acceptors (Lipinski definition) is 5. The first-order chi connectivity index (χ1) is 24.2. The molecule has 5 nitrogen and oxygen atoms in total. The molecule has 4 aliphatic carbocycles. The van der Waals surface area contributed by atoms with Crippen molar-refractivity contribution in [3.63, 3.8) is 0 Å². The van der Waals surface area contributed by atoms with Crippen molar-refractivity contribution in [2.45, 2.75) is 194 Å². The lowest BCUT2D eigenvalue weighted by atomic mass is 9.43. The molecule has 0 amide bonds. The van der Waals surface area contributed by atoms with Gasteiger partial charge in [0.05, 0.1) is 5.60 Å². The maximum Gasteiger partial charge on any atom is 0.306 e. The Balaban J connectivity index is 1.25. The zero-order chi connectivity index (χ0) is 37.3. The SMILES string of the molecule is CCCCC/C=C\C/C=C\CCCCCCCC(=O)O[C@H]1CC[C@]2(C)[C@@]3(O)CC[C@@]4(C)C(CC[C@@H]4[C@H](C)/C=C/[C@H](C)C(C)C)C3=C[C@@H](O)[C@@]2(O)C1. The monoisotopic (exact) mass is 709 g/mol. The lowest BCUT2D eigenvalue weighted by molar-refractivity contribution is -0.260. The van der Waals surface area contributed by atoms with Gasteiger partial charge in [-0.3, -0.25) is 4.79 Å². The third-order valence-electron chi connectivity index (χ3n) is 14.5. The number of carbonyl (C=O) groups is 1. The van der Waals surface area contributed by atoms with E-state index in [1.54, 1.807) is 0 Å². The maximum absolute atomic E-state index is 12.9. The molecule has 0 radical (unpaired) electrons. The Morgan fingerprint density at radius 2 is 1.53 bits per heavy atom. The van der Waals surface area contributed by atoms with Crippen LogP contribution in [-0.4, -0.2) is 44.7 Å². The molecule has 0 bridgehead atoms. The summed E-state index contributed by atoms with van der Waals surface area (Å²) >= 11 is 0. The predicted octanol–water partition coefficient (Wildman–Crippen LogP) is 11.0. The molecule has 4 rings (SSSR count). The molecule has 0 aromatic carbocycles. The van der Waals surface area contributed by atoms with Crippen LogP contribution >= 0.6 is 0 Å². The average molecular weight is 709 g/mol. The maximum atomic E-state index is 12.9. The fraction of sp³-hybridized carbons (Fsp3) is 0.804. The second kappa shape index (κ2) is 18.6. The summed E-state index contributed by atoms with van der Waals surface area (Å²) in [6, 6.07) is 0. The van der Waals surface area contributed by atoms with E-state index in [2.05, 4.69) is 78.0 Å². The fourth-order valence-corrected chi connectivity index (χ4v) is 10.5. The Labute approximate surface area is 312 Å². The van der Waals surface area contributed by atoms with E-state index in [9.17, 15) is 20.1 Å². The van der Waals surface area contributed by atoms with Crippen molar-refractivity contribution in [1.82, 2.24) is 0 Å². The van der Waals surface area contributed by atoms with Crippen molar-refractivity contribution in [3.8, 4) is 0 Å². The molecule has 0 saturated heterocycles. The van der Waals surface area contributed by atoms with Gasteiger partial charge in [0.1, 0.15) is 17.8 Å². The lowest BCUT2D eigenvalue weighted by Crippen LogP contribution is -2.72. The van der Waals surface area contributed by atoms with Crippen LogP contribution in [0.5, 0.6) is 0 Å². The molecule has 0 spiro atoms. The summed E-state index contributed by atoms with van der Waals surface area (Å²) in [4.78, 5) is 12.9. The largest absolute Gasteiger partial charge is 0.462 e. The molecule has 1 unspecified atom stereocenters. The molecule has 3 fully saturated rings. The van der Waals surface area contributed by atoms with Gasteiger partial charge in [-0.25, -0.2) is 0 Å². The number of rotatable bonds is 19. The highest BCUT2D eigenvalue weighted by Crippen LogP contribution is 2.69. The van der Waals surface area contributed by atoms with Crippen LogP contribution in [0.1, 0.15) is 170 Å². The Morgan fingerprint density at radius 3 is 2.22 bits per heavy atom. The Bertz CT molecular complexity index is 1230. The van der Waals surface area contributed by atoms with E-state index in [0.29, 0.717) is 49.4 Å². The second-order valence-electron chi connectivity index (χ2n) is 18.1. The number of unbranched alkanes of at least 4 members (excludes halogenated alkanes) is 8. The summed E-state index contributed by atoms with van der Waals surface area (Å²) in [5, 5.41) is 36.6. The van der Waals surface area contributed by atoms with E-state index >= 15 is 0 Å². The molecular formula is C46H76O5. The first kappa shape index (κ1) is 42.1. The number of aliphatic hydroxyl groups excluding tert-OH is 1. The van der Waals surface area contributed by atoms with Gasteiger partial charge in [0.25, 0.3) is 0 Å². The van der Waals surface area contributed by atoms with Crippen molar-refractivity contribution in [2.24, 2.45) is 40.4 Å². The van der Waals surface area contributed by atoms with Crippen LogP contribution in [0.25, 0.3) is 0 Å².